The van der Waals surface area contributed by atoms with E-state index in [9.17, 15) is 23.1 Å². The Labute approximate surface area is 151 Å². The first-order chi connectivity index (χ1) is 12.0. The fraction of sp³-hybridized carbons (Fsp3) is 0.294. The summed E-state index contributed by atoms with van der Waals surface area (Å²) in [6, 6.07) is 8.83. The number of nitrogens with zero attached hydrogens (tertiary/aromatic N) is 1. The van der Waals surface area contributed by atoms with Crippen molar-refractivity contribution in [3.05, 3.63) is 47.7 Å². The van der Waals surface area contributed by atoms with Gasteiger partial charge in [-0.05, 0) is 43.7 Å². The van der Waals surface area contributed by atoms with Crippen molar-refractivity contribution in [2.45, 2.75) is 24.4 Å². The summed E-state index contributed by atoms with van der Waals surface area (Å²) in [7, 11) is -1.04. The van der Waals surface area contributed by atoms with Crippen LogP contribution in [-0.4, -0.2) is 43.8 Å². The van der Waals surface area contributed by atoms with E-state index in [1.165, 1.54) is 26.2 Å². The van der Waals surface area contributed by atoms with E-state index in [-0.39, 0.29) is 10.9 Å². The van der Waals surface area contributed by atoms with Crippen molar-refractivity contribution >= 4 is 27.6 Å². The van der Waals surface area contributed by atoms with Crippen molar-refractivity contribution in [2.24, 2.45) is 0 Å². The molecule has 2 aromatic rings. The molecule has 26 heavy (non-hydrogen) atoms. The zero-order chi connectivity index (χ0) is 19.7. The second kappa shape index (κ2) is 6.93. The maximum absolute atomic E-state index is 12.2. The molecule has 0 aliphatic rings. The Kier molecular flexibility index (Phi) is 5.24. The Morgan fingerprint density at radius 1 is 1.08 bits per heavy atom. The quantitative estimate of drug-likeness (QED) is 0.793. The molecule has 1 amide bonds. The molecule has 1 aromatic heterocycles. The molecule has 0 bridgehead atoms. The molecule has 0 unspecified atom stereocenters. The fourth-order valence-corrected chi connectivity index (χ4v) is 2.84. The molecular weight excluding hydrogens is 360 g/mol. The minimum atomic E-state index is -3.76. The summed E-state index contributed by atoms with van der Waals surface area (Å²) in [5, 5.41) is 11.5. The zero-order valence-electron chi connectivity index (χ0n) is 14.8. The van der Waals surface area contributed by atoms with Gasteiger partial charge in [-0.15, -0.1) is 0 Å². The van der Waals surface area contributed by atoms with Crippen molar-refractivity contribution in [2.75, 3.05) is 19.4 Å². The van der Waals surface area contributed by atoms with E-state index < -0.39 is 27.3 Å². The minimum absolute atomic E-state index is 0.152. The summed E-state index contributed by atoms with van der Waals surface area (Å²) < 4.78 is 30.0. The summed E-state index contributed by atoms with van der Waals surface area (Å²) >= 11 is 0. The van der Waals surface area contributed by atoms with Gasteiger partial charge >= 0.3 is 5.97 Å². The standard InChI is InChI=1S/C17H20N2O6S/c1-17(2,16(21)22)11-5-7-12(8-6-11)18-15(20)13-9-10-14(25-13)26(23,24)19(3)4/h5-10H,1-4H3,(H,18,20)(H,21,22). The van der Waals surface area contributed by atoms with Crippen molar-refractivity contribution < 1.29 is 27.5 Å². The van der Waals surface area contributed by atoms with Crippen LogP contribution in [0.2, 0.25) is 0 Å². The van der Waals surface area contributed by atoms with Crippen LogP contribution in [0.3, 0.4) is 0 Å². The van der Waals surface area contributed by atoms with Gasteiger partial charge < -0.3 is 14.8 Å². The molecule has 0 aliphatic carbocycles. The number of nitrogens with one attached hydrogen (secondary N) is 1. The third-order valence-electron chi connectivity index (χ3n) is 3.94. The third kappa shape index (κ3) is 3.78. The van der Waals surface area contributed by atoms with E-state index in [1.54, 1.807) is 38.1 Å². The highest BCUT2D eigenvalue weighted by atomic mass is 32.2. The molecule has 0 atom stereocenters. The number of amides is 1. The molecule has 0 spiro atoms. The summed E-state index contributed by atoms with van der Waals surface area (Å²) in [5.41, 5.74) is -0.0485. The van der Waals surface area contributed by atoms with Crippen LogP contribution in [0.1, 0.15) is 30.0 Å². The number of aliphatic carboxylic acids is 1. The number of carboxylic acid groups (broad SMARTS) is 1. The van der Waals surface area contributed by atoms with E-state index in [1.807, 2.05) is 0 Å². The first-order valence-electron chi connectivity index (χ1n) is 7.64. The molecule has 0 saturated heterocycles. The molecule has 0 saturated carbocycles. The van der Waals surface area contributed by atoms with Crippen LogP contribution in [0.5, 0.6) is 0 Å². The maximum Gasteiger partial charge on any atom is 0.313 e. The summed E-state index contributed by atoms with van der Waals surface area (Å²) in [6.07, 6.45) is 0. The second-order valence-electron chi connectivity index (χ2n) is 6.37. The number of furan rings is 1. The van der Waals surface area contributed by atoms with Crippen molar-refractivity contribution in [1.29, 1.82) is 0 Å². The van der Waals surface area contributed by atoms with Crippen molar-refractivity contribution in [3.8, 4) is 0 Å². The topological polar surface area (TPSA) is 117 Å². The van der Waals surface area contributed by atoms with Crippen LogP contribution in [0, 0.1) is 0 Å². The van der Waals surface area contributed by atoms with Crippen LogP contribution < -0.4 is 5.32 Å². The van der Waals surface area contributed by atoms with E-state index in [0.717, 1.165) is 4.31 Å². The number of carbonyl (C=O) groups is 2. The zero-order valence-corrected chi connectivity index (χ0v) is 15.6. The minimum Gasteiger partial charge on any atom is -0.481 e. The number of sulfonamides is 1. The number of anilines is 1. The van der Waals surface area contributed by atoms with E-state index in [4.69, 9.17) is 4.42 Å². The maximum atomic E-state index is 12.2. The van der Waals surface area contributed by atoms with E-state index >= 15 is 0 Å². The van der Waals surface area contributed by atoms with Gasteiger partial charge in [-0.3, -0.25) is 9.59 Å². The largest absolute Gasteiger partial charge is 0.481 e. The molecule has 1 aromatic carbocycles. The number of rotatable bonds is 6. The molecule has 0 fully saturated rings. The lowest BCUT2D eigenvalue weighted by Crippen LogP contribution is -2.28. The van der Waals surface area contributed by atoms with Crippen LogP contribution >= 0.6 is 0 Å². The number of hydrogen-bond acceptors (Lipinski definition) is 5. The van der Waals surface area contributed by atoms with Gasteiger partial charge in [0, 0.05) is 19.8 Å². The van der Waals surface area contributed by atoms with Crippen LogP contribution in [0.25, 0.3) is 0 Å². The Morgan fingerprint density at radius 2 is 1.65 bits per heavy atom. The third-order valence-corrected chi connectivity index (χ3v) is 5.63. The highest BCUT2D eigenvalue weighted by Gasteiger charge is 2.29. The van der Waals surface area contributed by atoms with Gasteiger partial charge in [-0.2, -0.15) is 0 Å². The van der Waals surface area contributed by atoms with Gasteiger partial charge in [-0.25, -0.2) is 12.7 Å². The first kappa shape index (κ1) is 19.7. The number of hydrogen-bond donors (Lipinski definition) is 2. The van der Waals surface area contributed by atoms with E-state index in [0.29, 0.717) is 11.3 Å². The molecular formula is C17H20N2O6S. The van der Waals surface area contributed by atoms with Crippen LogP contribution in [0.4, 0.5) is 5.69 Å². The van der Waals surface area contributed by atoms with Gasteiger partial charge in [0.2, 0.25) is 5.09 Å². The molecule has 1 heterocycles. The summed E-state index contributed by atoms with van der Waals surface area (Å²) in [4.78, 5) is 23.5. The smallest absolute Gasteiger partial charge is 0.313 e. The average Bonchev–Trinajstić information content (AvgIpc) is 3.06. The Balaban J connectivity index is 2.16. The molecule has 2 rings (SSSR count). The lowest BCUT2D eigenvalue weighted by atomic mass is 9.85. The van der Waals surface area contributed by atoms with Gasteiger partial charge in [-0.1, -0.05) is 12.1 Å². The molecule has 2 N–H and O–H groups in total. The van der Waals surface area contributed by atoms with Crippen LogP contribution in [-0.2, 0) is 20.2 Å². The lowest BCUT2D eigenvalue weighted by molar-refractivity contribution is -0.142. The highest BCUT2D eigenvalue weighted by Crippen LogP contribution is 2.25. The number of carbonyl (C=O) groups excluding carboxylic acids is 1. The summed E-state index contributed by atoms with van der Waals surface area (Å²) in [5.74, 6) is -1.73. The monoisotopic (exact) mass is 380 g/mol. The van der Waals surface area contributed by atoms with Gasteiger partial charge in [0.05, 0.1) is 5.41 Å². The van der Waals surface area contributed by atoms with E-state index in [2.05, 4.69) is 5.32 Å². The Hall–Kier alpha value is -2.65. The van der Waals surface area contributed by atoms with Crippen molar-refractivity contribution in [1.82, 2.24) is 4.31 Å². The predicted octanol–water partition coefficient (Wildman–Crippen LogP) is 2.14. The predicted molar refractivity (Wildman–Crippen MR) is 94.6 cm³/mol. The van der Waals surface area contributed by atoms with Gasteiger partial charge in [0.15, 0.2) is 5.76 Å². The summed E-state index contributed by atoms with van der Waals surface area (Å²) in [6.45, 7) is 3.16. The van der Waals surface area contributed by atoms with Gasteiger partial charge in [0.1, 0.15) is 0 Å². The normalized spacial score (nSPS) is 12.2. The fourth-order valence-electron chi connectivity index (χ4n) is 2.05. The van der Waals surface area contributed by atoms with Crippen molar-refractivity contribution in [3.63, 3.8) is 0 Å². The van der Waals surface area contributed by atoms with Gasteiger partial charge in [0.25, 0.3) is 15.9 Å². The van der Waals surface area contributed by atoms with Crippen LogP contribution in [0.15, 0.2) is 45.9 Å². The molecule has 0 radical (unpaired) electrons. The molecule has 140 valence electrons. The molecule has 9 heteroatoms. The Morgan fingerprint density at radius 3 is 2.15 bits per heavy atom. The first-order valence-corrected chi connectivity index (χ1v) is 9.08. The highest BCUT2D eigenvalue weighted by molar-refractivity contribution is 7.88. The second-order valence-corrected chi connectivity index (χ2v) is 8.45. The SMILES string of the molecule is CN(C)S(=O)(=O)c1ccc(C(=O)Nc2ccc(C(C)(C)C(=O)O)cc2)o1. The number of carboxylic acids is 1. The molecule has 0 aliphatic heterocycles. The lowest BCUT2D eigenvalue weighted by Gasteiger charge is -2.19. The molecule has 8 nitrogen and oxygen atoms in total. The number of benzene rings is 1. The average molecular weight is 380 g/mol. The Bertz CT molecular complexity index is 926.